The third-order valence-corrected chi connectivity index (χ3v) is 1.55. The molecule has 5 heteroatoms. The lowest BCUT2D eigenvalue weighted by Gasteiger charge is -1.93. The predicted molar refractivity (Wildman–Crippen MR) is 52.1 cm³/mol. The highest BCUT2D eigenvalue weighted by atomic mass is 16.6. The second kappa shape index (κ2) is 4.77. The first kappa shape index (κ1) is 10.7. The van der Waals surface area contributed by atoms with Crippen molar-refractivity contribution in [2.24, 2.45) is 0 Å². The molecule has 76 valence electrons. The summed E-state index contributed by atoms with van der Waals surface area (Å²) in [6.45, 7) is -0.447. The summed E-state index contributed by atoms with van der Waals surface area (Å²) in [6.07, 6.45) is 0. The van der Waals surface area contributed by atoms with Crippen LogP contribution in [0.1, 0.15) is 15.9 Å². The van der Waals surface area contributed by atoms with Crippen LogP contribution in [0, 0.1) is 22.0 Å². The van der Waals surface area contributed by atoms with Crippen molar-refractivity contribution >= 4 is 5.97 Å². The Bertz CT molecular complexity index is 456. The quantitative estimate of drug-likeness (QED) is 0.444. The van der Waals surface area contributed by atoms with E-state index in [1.807, 2.05) is 0 Å². The highest BCUT2D eigenvalue weighted by Gasteiger charge is 2.01. The van der Waals surface area contributed by atoms with Crippen molar-refractivity contribution in [2.45, 2.75) is 0 Å². The van der Waals surface area contributed by atoms with Crippen molar-refractivity contribution in [1.29, 1.82) is 0 Å². The Morgan fingerprint density at radius 3 is 2.87 bits per heavy atom. The Morgan fingerprint density at radius 1 is 1.53 bits per heavy atom. The fourth-order valence-electron chi connectivity index (χ4n) is 0.936. The zero-order valence-corrected chi connectivity index (χ0v) is 7.64. The van der Waals surface area contributed by atoms with Crippen LogP contribution in [-0.2, 0) is 0 Å². The molecule has 0 unspecified atom stereocenters. The topological polar surface area (TPSA) is 80.4 Å². The van der Waals surface area contributed by atoms with Crippen LogP contribution in [0.3, 0.4) is 0 Å². The summed E-state index contributed by atoms with van der Waals surface area (Å²) >= 11 is 0. The molecule has 0 amide bonds. The SMILES string of the molecule is O=C(O)c1cccc(C#CC[N+](=O)[O-])c1. The molecule has 15 heavy (non-hydrogen) atoms. The van der Waals surface area contributed by atoms with Crippen LogP contribution in [0.15, 0.2) is 24.3 Å². The van der Waals surface area contributed by atoms with Crippen molar-refractivity contribution < 1.29 is 14.8 Å². The molecule has 0 aromatic heterocycles. The number of carboxylic acid groups (broad SMARTS) is 1. The summed E-state index contributed by atoms with van der Waals surface area (Å²) in [5, 5.41) is 18.6. The zero-order valence-electron chi connectivity index (χ0n) is 7.64. The third-order valence-electron chi connectivity index (χ3n) is 1.55. The van der Waals surface area contributed by atoms with Gasteiger partial charge < -0.3 is 5.11 Å². The molecule has 1 rings (SSSR count). The molecule has 0 saturated carbocycles. The smallest absolute Gasteiger partial charge is 0.335 e. The minimum Gasteiger partial charge on any atom is -0.478 e. The van der Waals surface area contributed by atoms with Gasteiger partial charge in [0.05, 0.1) is 5.56 Å². The molecule has 0 bridgehead atoms. The summed E-state index contributed by atoms with van der Waals surface area (Å²) in [5.41, 5.74) is 0.569. The lowest BCUT2D eigenvalue weighted by Crippen LogP contribution is -1.97. The first-order valence-electron chi connectivity index (χ1n) is 4.03. The monoisotopic (exact) mass is 205 g/mol. The zero-order chi connectivity index (χ0) is 11.3. The number of benzene rings is 1. The van der Waals surface area contributed by atoms with Crippen molar-refractivity contribution in [1.82, 2.24) is 0 Å². The molecule has 0 aliphatic carbocycles. The molecule has 0 radical (unpaired) electrons. The van der Waals surface area contributed by atoms with Crippen molar-refractivity contribution in [3.8, 4) is 11.8 Å². The Kier molecular flexibility index (Phi) is 3.41. The predicted octanol–water partition coefficient (Wildman–Crippen LogP) is 1.01. The number of rotatable bonds is 2. The molecular formula is C10H7NO4. The number of aromatic carboxylic acids is 1. The standard InChI is InChI=1S/C10H7NO4/c12-10(13)9-5-1-3-8(7-9)4-2-6-11(14)15/h1,3,5,7H,6H2,(H,12,13). The third kappa shape index (κ3) is 3.48. The van der Waals surface area contributed by atoms with Crippen molar-refractivity contribution in [3.63, 3.8) is 0 Å². The Hall–Kier alpha value is -2.35. The highest BCUT2D eigenvalue weighted by Crippen LogP contribution is 2.03. The van der Waals surface area contributed by atoms with E-state index in [2.05, 4.69) is 11.8 Å². The van der Waals surface area contributed by atoms with E-state index in [9.17, 15) is 14.9 Å². The largest absolute Gasteiger partial charge is 0.478 e. The fourth-order valence-corrected chi connectivity index (χ4v) is 0.936. The first-order chi connectivity index (χ1) is 7.09. The van der Waals surface area contributed by atoms with Gasteiger partial charge in [-0.05, 0) is 24.1 Å². The summed E-state index contributed by atoms with van der Waals surface area (Å²) in [7, 11) is 0. The van der Waals surface area contributed by atoms with Gasteiger partial charge in [0.25, 0.3) is 6.54 Å². The van der Waals surface area contributed by atoms with Crippen LogP contribution in [-0.4, -0.2) is 22.5 Å². The number of hydrogen-bond acceptors (Lipinski definition) is 3. The van der Waals surface area contributed by atoms with Gasteiger partial charge in [0.1, 0.15) is 0 Å². The van der Waals surface area contributed by atoms with Gasteiger partial charge in [-0.1, -0.05) is 12.0 Å². The van der Waals surface area contributed by atoms with E-state index in [0.29, 0.717) is 5.56 Å². The van der Waals surface area contributed by atoms with Gasteiger partial charge in [0.2, 0.25) is 0 Å². The summed E-state index contributed by atoms with van der Waals surface area (Å²) < 4.78 is 0. The number of nitro groups is 1. The Labute approximate surface area is 85.5 Å². The van der Waals surface area contributed by atoms with E-state index in [-0.39, 0.29) is 5.56 Å². The normalized spacial score (nSPS) is 8.80. The molecule has 0 saturated heterocycles. The van der Waals surface area contributed by atoms with E-state index < -0.39 is 17.4 Å². The van der Waals surface area contributed by atoms with E-state index in [1.165, 1.54) is 12.1 Å². The first-order valence-corrected chi connectivity index (χ1v) is 4.03. The maximum atomic E-state index is 10.6. The van der Waals surface area contributed by atoms with Crippen LogP contribution < -0.4 is 0 Å². The molecule has 1 aromatic rings. The molecular weight excluding hydrogens is 198 g/mol. The molecule has 0 aliphatic heterocycles. The van der Waals surface area contributed by atoms with Crippen LogP contribution in [0.25, 0.3) is 0 Å². The molecule has 0 heterocycles. The van der Waals surface area contributed by atoms with Crippen LogP contribution in [0.2, 0.25) is 0 Å². The van der Waals surface area contributed by atoms with E-state index in [1.54, 1.807) is 12.1 Å². The van der Waals surface area contributed by atoms with Gasteiger partial charge in [0.15, 0.2) is 0 Å². The lowest BCUT2D eigenvalue weighted by atomic mass is 10.1. The average molecular weight is 205 g/mol. The van der Waals surface area contributed by atoms with E-state index >= 15 is 0 Å². The molecule has 0 atom stereocenters. The Balaban J connectivity index is 2.85. The minimum absolute atomic E-state index is 0.114. The molecule has 0 fully saturated rings. The molecule has 0 aliphatic rings. The maximum Gasteiger partial charge on any atom is 0.335 e. The van der Waals surface area contributed by atoms with Gasteiger partial charge in [-0.15, -0.1) is 0 Å². The fraction of sp³-hybridized carbons (Fsp3) is 0.100. The average Bonchev–Trinajstić information content (AvgIpc) is 2.17. The summed E-state index contributed by atoms with van der Waals surface area (Å²) in [4.78, 5) is 20.0. The van der Waals surface area contributed by atoms with Gasteiger partial charge in [-0.25, -0.2) is 4.79 Å². The highest BCUT2D eigenvalue weighted by molar-refractivity contribution is 5.87. The number of carbonyl (C=O) groups is 1. The van der Waals surface area contributed by atoms with Gasteiger partial charge in [0, 0.05) is 10.5 Å². The summed E-state index contributed by atoms with van der Waals surface area (Å²) in [6, 6.07) is 5.94. The minimum atomic E-state index is -1.05. The van der Waals surface area contributed by atoms with Crippen LogP contribution in [0.4, 0.5) is 0 Å². The van der Waals surface area contributed by atoms with Crippen LogP contribution in [0.5, 0.6) is 0 Å². The van der Waals surface area contributed by atoms with Gasteiger partial charge >= 0.3 is 5.97 Å². The molecule has 1 N–H and O–H groups in total. The number of hydrogen-bond donors (Lipinski definition) is 1. The van der Waals surface area contributed by atoms with Crippen molar-refractivity contribution in [2.75, 3.05) is 6.54 Å². The lowest BCUT2D eigenvalue weighted by molar-refractivity contribution is -0.466. The molecule has 5 nitrogen and oxygen atoms in total. The second-order valence-corrected chi connectivity index (χ2v) is 2.68. The number of carboxylic acids is 1. The van der Waals surface area contributed by atoms with Gasteiger partial charge in [-0.3, -0.25) is 10.1 Å². The maximum absolute atomic E-state index is 10.6. The number of nitrogens with zero attached hydrogens (tertiary/aromatic N) is 1. The molecule has 1 aromatic carbocycles. The molecule has 0 spiro atoms. The second-order valence-electron chi connectivity index (χ2n) is 2.68. The summed E-state index contributed by atoms with van der Waals surface area (Å²) in [5.74, 6) is 3.79. The Morgan fingerprint density at radius 2 is 2.27 bits per heavy atom. The van der Waals surface area contributed by atoms with Crippen LogP contribution >= 0.6 is 0 Å². The van der Waals surface area contributed by atoms with E-state index in [4.69, 9.17) is 5.11 Å². The van der Waals surface area contributed by atoms with Crippen molar-refractivity contribution in [3.05, 3.63) is 45.5 Å². The van der Waals surface area contributed by atoms with E-state index in [0.717, 1.165) is 0 Å². The van der Waals surface area contributed by atoms with Gasteiger partial charge in [-0.2, -0.15) is 0 Å².